The summed E-state index contributed by atoms with van der Waals surface area (Å²) in [7, 11) is 1.95. The highest BCUT2D eigenvalue weighted by Gasteiger charge is 2.40. The first-order chi connectivity index (χ1) is 11.6. The molecule has 1 aromatic rings. The van der Waals surface area contributed by atoms with Crippen LogP contribution in [-0.4, -0.2) is 44.2 Å². The van der Waals surface area contributed by atoms with Gasteiger partial charge in [-0.3, -0.25) is 14.3 Å². The molecule has 1 saturated carbocycles. The summed E-state index contributed by atoms with van der Waals surface area (Å²) in [5.41, 5.74) is 2.36. The third-order valence-electron chi connectivity index (χ3n) is 5.61. The summed E-state index contributed by atoms with van der Waals surface area (Å²) in [6.45, 7) is 0. The molecule has 0 bridgehead atoms. The van der Waals surface area contributed by atoms with E-state index in [1.807, 2.05) is 17.9 Å². The van der Waals surface area contributed by atoms with E-state index in [2.05, 4.69) is 10.4 Å². The van der Waals surface area contributed by atoms with Crippen LogP contribution in [0.3, 0.4) is 0 Å². The number of aromatic nitrogens is 2. The average molecular weight is 348 g/mol. The van der Waals surface area contributed by atoms with Crippen molar-refractivity contribution < 1.29 is 9.59 Å². The molecule has 6 nitrogen and oxygen atoms in total. The number of thioether (sulfide) groups is 1. The van der Waals surface area contributed by atoms with Crippen LogP contribution in [0.4, 0.5) is 0 Å². The molecular formula is C17H24N4O2S. The number of hydrogen-bond acceptors (Lipinski definition) is 4. The maximum atomic E-state index is 12.8. The maximum Gasteiger partial charge on any atom is 0.244 e. The second-order valence-electron chi connectivity index (χ2n) is 7.08. The monoisotopic (exact) mass is 348 g/mol. The second kappa shape index (κ2) is 6.43. The topological polar surface area (TPSA) is 67.2 Å². The molecular weight excluding hydrogens is 324 g/mol. The summed E-state index contributed by atoms with van der Waals surface area (Å²) in [5, 5.41) is 7.53. The van der Waals surface area contributed by atoms with E-state index in [1.165, 1.54) is 5.69 Å². The number of rotatable bonds is 3. The molecule has 0 aromatic carbocycles. The van der Waals surface area contributed by atoms with Crippen LogP contribution in [0.5, 0.6) is 0 Å². The van der Waals surface area contributed by atoms with Crippen LogP contribution in [0.25, 0.3) is 0 Å². The van der Waals surface area contributed by atoms with E-state index in [0.717, 1.165) is 44.1 Å². The van der Waals surface area contributed by atoms with Crippen molar-refractivity contribution in [3.8, 4) is 0 Å². The normalized spacial score (nSPS) is 26.8. The van der Waals surface area contributed by atoms with Gasteiger partial charge in [-0.1, -0.05) is 6.42 Å². The minimum absolute atomic E-state index is 0.00521. The SMILES string of the molecule is Cn1ncc2c1CCC[C@@H]2NC(=O)[C@H]1CSCN1C(=O)C1CCC1. The number of hydrogen-bond donors (Lipinski definition) is 1. The molecule has 2 heterocycles. The summed E-state index contributed by atoms with van der Waals surface area (Å²) >= 11 is 1.68. The summed E-state index contributed by atoms with van der Waals surface area (Å²) in [4.78, 5) is 27.2. The number of amides is 2. The van der Waals surface area contributed by atoms with Gasteiger partial charge in [-0.2, -0.15) is 5.10 Å². The average Bonchev–Trinajstić information content (AvgIpc) is 3.13. The zero-order chi connectivity index (χ0) is 16.7. The van der Waals surface area contributed by atoms with Gasteiger partial charge in [-0.25, -0.2) is 0 Å². The first kappa shape index (κ1) is 16.0. The van der Waals surface area contributed by atoms with E-state index >= 15 is 0 Å². The van der Waals surface area contributed by atoms with Crippen molar-refractivity contribution in [3.63, 3.8) is 0 Å². The Balaban J connectivity index is 1.45. The van der Waals surface area contributed by atoms with Crippen LogP contribution in [0, 0.1) is 5.92 Å². The van der Waals surface area contributed by atoms with Gasteiger partial charge in [-0.15, -0.1) is 11.8 Å². The first-order valence-corrected chi connectivity index (χ1v) is 10.00. The number of carbonyl (C=O) groups excluding carboxylic acids is 2. The molecule has 130 valence electrons. The van der Waals surface area contributed by atoms with Crippen LogP contribution in [-0.2, 0) is 23.1 Å². The van der Waals surface area contributed by atoms with E-state index in [9.17, 15) is 9.59 Å². The van der Waals surface area contributed by atoms with E-state index < -0.39 is 0 Å². The first-order valence-electron chi connectivity index (χ1n) is 8.84. The largest absolute Gasteiger partial charge is 0.347 e. The molecule has 0 unspecified atom stereocenters. The second-order valence-corrected chi connectivity index (χ2v) is 8.07. The van der Waals surface area contributed by atoms with E-state index in [-0.39, 0.29) is 29.8 Å². The smallest absolute Gasteiger partial charge is 0.244 e. The standard InChI is InChI=1S/C17H24N4O2S/c1-20-14-7-3-6-13(12(14)8-18-20)19-16(22)15-9-24-10-21(15)17(23)11-4-2-5-11/h8,11,13,15H,2-7,9-10H2,1H3,(H,19,22)/t13-,15+/m0/s1. The van der Waals surface area contributed by atoms with Gasteiger partial charge in [0.2, 0.25) is 11.8 Å². The van der Waals surface area contributed by atoms with Crippen molar-refractivity contribution in [1.29, 1.82) is 0 Å². The Hall–Kier alpha value is -1.50. The summed E-state index contributed by atoms with van der Waals surface area (Å²) in [5.74, 6) is 1.68. The van der Waals surface area contributed by atoms with E-state index in [1.54, 1.807) is 16.7 Å². The highest BCUT2D eigenvalue weighted by atomic mass is 32.2. The predicted octanol–water partition coefficient (Wildman–Crippen LogP) is 1.62. The lowest BCUT2D eigenvalue weighted by atomic mass is 9.84. The Bertz CT molecular complexity index is 655. The molecule has 2 amide bonds. The summed E-state index contributed by atoms with van der Waals surface area (Å²) in [6.07, 6.45) is 8.00. The fourth-order valence-corrected chi connectivity index (χ4v) is 5.05. The predicted molar refractivity (Wildman–Crippen MR) is 92.3 cm³/mol. The molecule has 1 N–H and O–H groups in total. The van der Waals surface area contributed by atoms with Gasteiger partial charge in [0.05, 0.1) is 18.1 Å². The molecule has 0 spiro atoms. The Morgan fingerprint density at radius 2 is 2.12 bits per heavy atom. The van der Waals surface area contributed by atoms with Gasteiger partial charge in [0.1, 0.15) is 6.04 Å². The van der Waals surface area contributed by atoms with Crippen molar-refractivity contribution in [3.05, 3.63) is 17.5 Å². The zero-order valence-electron chi connectivity index (χ0n) is 14.0. The Morgan fingerprint density at radius 1 is 1.29 bits per heavy atom. The van der Waals surface area contributed by atoms with Gasteiger partial charge in [0.15, 0.2) is 0 Å². The van der Waals surface area contributed by atoms with Gasteiger partial charge in [0, 0.05) is 30.0 Å². The Labute approximate surface area is 146 Å². The van der Waals surface area contributed by atoms with Crippen molar-refractivity contribution in [2.24, 2.45) is 13.0 Å². The van der Waals surface area contributed by atoms with Crippen LogP contribution < -0.4 is 5.32 Å². The Morgan fingerprint density at radius 3 is 2.88 bits per heavy atom. The molecule has 1 aliphatic heterocycles. The van der Waals surface area contributed by atoms with Gasteiger partial charge in [-0.05, 0) is 32.1 Å². The molecule has 2 aliphatic carbocycles. The molecule has 3 aliphatic rings. The van der Waals surface area contributed by atoms with Crippen LogP contribution >= 0.6 is 11.8 Å². The van der Waals surface area contributed by atoms with Gasteiger partial charge < -0.3 is 10.2 Å². The van der Waals surface area contributed by atoms with Crippen LogP contribution in [0.15, 0.2) is 6.20 Å². The number of nitrogens with one attached hydrogen (secondary N) is 1. The van der Waals surface area contributed by atoms with E-state index in [4.69, 9.17) is 0 Å². The minimum atomic E-state index is -0.315. The van der Waals surface area contributed by atoms with Gasteiger partial charge >= 0.3 is 0 Å². The summed E-state index contributed by atoms with van der Waals surface area (Å²) < 4.78 is 1.91. The van der Waals surface area contributed by atoms with Gasteiger partial charge in [0.25, 0.3) is 0 Å². The fraction of sp³-hybridized carbons (Fsp3) is 0.706. The molecule has 0 radical (unpaired) electrons. The molecule has 24 heavy (non-hydrogen) atoms. The quantitative estimate of drug-likeness (QED) is 0.901. The molecule has 4 rings (SSSR count). The highest BCUT2D eigenvalue weighted by Crippen LogP contribution is 2.33. The number of fused-ring (bicyclic) bond motifs is 1. The number of nitrogens with zero attached hydrogens (tertiary/aromatic N) is 3. The van der Waals surface area contributed by atoms with E-state index in [0.29, 0.717) is 11.6 Å². The number of carbonyl (C=O) groups is 2. The van der Waals surface area contributed by atoms with Crippen molar-refractivity contribution in [2.75, 3.05) is 11.6 Å². The minimum Gasteiger partial charge on any atom is -0.347 e. The third-order valence-corrected chi connectivity index (χ3v) is 6.63. The summed E-state index contributed by atoms with van der Waals surface area (Å²) in [6, 6.07) is -0.286. The van der Waals surface area contributed by atoms with Crippen molar-refractivity contribution in [1.82, 2.24) is 20.0 Å². The third kappa shape index (κ3) is 2.72. The molecule has 1 saturated heterocycles. The van der Waals surface area contributed by atoms with Crippen LogP contribution in [0.1, 0.15) is 49.4 Å². The maximum absolute atomic E-state index is 12.8. The zero-order valence-corrected chi connectivity index (χ0v) is 14.8. The lowest BCUT2D eigenvalue weighted by Crippen LogP contribution is -2.50. The lowest BCUT2D eigenvalue weighted by molar-refractivity contribution is -0.143. The molecule has 2 fully saturated rings. The molecule has 7 heteroatoms. The molecule has 2 atom stereocenters. The van der Waals surface area contributed by atoms with Crippen molar-refractivity contribution in [2.45, 2.75) is 50.6 Å². The van der Waals surface area contributed by atoms with Crippen molar-refractivity contribution >= 4 is 23.6 Å². The highest BCUT2D eigenvalue weighted by molar-refractivity contribution is 7.99. The Kier molecular flexibility index (Phi) is 4.28. The van der Waals surface area contributed by atoms with Crippen LogP contribution in [0.2, 0.25) is 0 Å². The fourth-order valence-electron chi connectivity index (χ4n) is 3.89. The lowest BCUT2D eigenvalue weighted by Gasteiger charge is -2.32. The molecule has 1 aromatic heterocycles. The number of aryl methyl sites for hydroxylation is 1.